The summed E-state index contributed by atoms with van der Waals surface area (Å²) in [6, 6.07) is 22.4. The van der Waals surface area contributed by atoms with Gasteiger partial charge in [-0.25, -0.2) is 4.79 Å². The first-order valence-corrected chi connectivity index (χ1v) is 12.7. The second-order valence-corrected chi connectivity index (χ2v) is 9.23. The van der Waals surface area contributed by atoms with Gasteiger partial charge >= 0.3 is 12.0 Å². The van der Waals surface area contributed by atoms with Gasteiger partial charge in [0.2, 0.25) is 17.6 Å². The third-order valence-electron chi connectivity index (χ3n) is 6.07. The average Bonchev–Trinajstić information content (AvgIpc) is 2.95. The van der Waals surface area contributed by atoms with E-state index in [1.54, 1.807) is 91.0 Å². The van der Waals surface area contributed by atoms with Crippen LogP contribution in [0.4, 0.5) is 13.6 Å². The Balaban J connectivity index is 1.73. The standard InChI is InChI=1S/C30H31F2N3O5/c31-30(32,17-16-21-10-4-1-5-11-21)27(37)24(18-22-12-6-2-7-13-22)34-28(38)25(19-26(33)36)35-29(39)40-20-23-14-8-3-9-15-23/h1-15,24-25H,16-20H2,(H2,33,36)(H,34,38)(H,35,39)/t24?,25-/m0/s1. The summed E-state index contributed by atoms with van der Waals surface area (Å²) in [5.74, 6) is -7.19. The van der Waals surface area contributed by atoms with Crippen molar-refractivity contribution in [2.45, 2.75) is 50.3 Å². The molecule has 0 radical (unpaired) electrons. The van der Waals surface area contributed by atoms with Crippen LogP contribution in [0.25, 0.3) is 0 Å². The number of hydrogen-bond donors (Lipinski definition) is 3. The Morgan fingerprint density at radius 2 is 1.27 bits per heavy atom. The van der Waals surface area contributed by atoms with Crippen molar-refractivity contribution in [3.8, 4) is 0 Å². The van der Waals surface area contributed by atoms with Gasteiger partial charge in [-0.3, -0.25) is 14.4 Å². The van der Waals surface area contributed by atoms with Crippen LogP contribution in [0.3, 0.4) is 0 Å². The molecule has 40 heavy (non-hydrogen) atoms. The molecule has 0 spiro atoms. The van der Waals surface area contributed by atoms with E-state index in [0.717, 1.165) is 0 Å². The minimum atomic E-state index is -3.76. The summed E-state index contributed by atoms with van der Waals surface area (Å²) >= 11 is 0. The highest BCUT2D eigenvalue weighted by Crippen LogP contribution is 2.25. The van der Waals surface area contributed by atoms with Gasteiger partial charge < -0.3 is 21.1 Å². The molecule has 0 aliphatic rings. The highest BCUT2D eigenvalue weighted by Gasteiger charge is 2.43. The van der Waals surface area contributed by atoms with Gasteiger partial charge in [-0.1, -0.05) is 91.0 Å². The van der Waals surface area contributed by atoms with E-state index in [9.17, 15) is 19.2 Å². The fourth-order valence-corrected chi connectivity index (χ4v) is 3.97. The number of ether oxygens (including phenoxy) is 1. The van der Waals surface area contributed by atoms with Gasteiger partial charge in [-0.05, 0) is 29.5 Å². The van der Waals surface area contributed by atoms with Crippen LogP contribution < -0.4 is 16.4 Å². The van der Waals surface area contributed by atoms with Crippen LogP contribution in [0.1, 0.15) is 29.5 Å². The lowest BCUT2D eigenvalue weighted by molar-refractivity contribution is -0.147. The number of aryl methyl sites for hydroxylation is 1. The minimum Gasteiger partial charge on any atom is -0.445 e. The van der Waals surface area contributed by atoms with Crippen molar-refractivity contribution in [2.75, 3.05) is 0 Å². The molecule has 8 nitrogen and oxygen atoms in total. The molecular formula is C30H31F2N3O5. The van der Waals surface area contributed by atoms with E-state index < -0.39 is 54.5 Å². The number of Topliss-reactive ketones (excluding diaryl/α,β-unsaturated/α-hetero) is 1. The Bertz CT molecular complexity index is 1270. The summed E-state index contributed by atoms with van der Waals surface area (Å²) in [4.78, 5) is 50.2. The summed E-state index contributed by atoms with van der Waals surface area (Å²) in [5.41, 5.74) is 7.10. The number of nitrogens with two attached hydrogens (primary N) is 1. The highest BCUT2D eigenvalue weighted by atomic mass is 19.3. The van der Waals surface area contributed by atoms with Crippen LogP contribution >= 0.6 is 0 Å². The van der Waals surface area contributed by atoms with E-state index in [1.807, 2.05) is 0 Å². The fourth-order valence-electron chi connectivity index (χ4n) is 3.97. The summed E-state index contributed by atoms with van der Waals surface area (Å²) in [6.07, 6.45) is -2.70. The number of carbonyl (C=O) groups excluding carboxylic acids is 4. The van der Waals surface area contributed by atoms with Crippen LogP contribution in [0.5, 0.6) is 0 Å². The van der Waals surface area contributed by atoms with Crippen LogP contribution in [0.15, 0.2) is 91.0 Å². The monoisotopic (exact) mass is 551 g/mol. The Hall–Kier alpha value is -4.60. The second-order valence-electron chi connectivity index (χ2n) is 9.23. The molecule has 4 N–H and O–H groups in total. The summed E-state index contributed by atoms with van der Waals surface area (Å²) in [7, 11) is 0. The number of hydrogen-bond acceptors (Lipinski definition) is 5. The topological polar surface area (TPSA) is 128 Å². The number of rotatable bonds is 14. The highest BCUT2D eigenvalue weighted by molar-refractivity contribution is 5.97. The van der Waals surface area contributed by atoms with Crippen LogP contribution in [0, 0.1) is 0 Å². The zero-order valence-electron chi connectivity index (χ0n) is 21.7. The Morgan fingerprint density at radius 3 is 1.82 bits per heavy atom. The Morgan fingerprint density at radius 1 is 0.750 bits per heavy atom. The van der Waals surface area contributed by atoms with Crippen molar-refractivity contribution >= 4 is 23.7 Å². The molecule has 3 aromatic carbocycles. The lowest BCUT2D eigenvalue weighted by atomic mass is 9.94. The molecule has 3 amide bonds. The average molecular weight is 552 g/mol. The third-order valence-corrected chi connectivity index (χ3v) is 6.07. The number of amides is 3. The van der Waals surface area contributed by atoms with E-state index >= 15 is 8.78 Å². The first-order chi connectivity index (χ1) is 19.1. The van der Waals surface area contributed by atoms with E-state index in [0.29, 0.717) is 16.7 Å². The SMILES string of the molecule is NC(=O)C[C@H](NC(=O)OCc1ccccc1)C(=O)NC(Cc1ccccc1)C(=O)C(F)(F)CCc1ccccc1. The van der Waals surface area contributed by atoms with E-state index in [-0.39, 0.29) is 19.4 Å². The van der Waals surface area contributed by atoms with Gasteiger partial charge in [0.05, 0.1) is 12.5 Å². The first kappa shape index (κ1) is 29.9. The molecule has 3 rings (SSSR count). The summed E-state index contributed by atoms with van der Waals surface area (Å²) in [5, 5.41) is 4.55. The van der Waals surface area contributed by atoms with E-state index in [2.05, 4.69) is 10.6 Å². The maximum atomic E-state index is 15.1. The lowest BCUT2D eigenvalue weighted by Crippen LogP contribution is -2.55. The number of benzene rings is 3. The minimum absolute atomic E-state index is 0.0509. The predicted octanol–water partition coefficient (Wildman–Crippen LogP) is 3.72. The molecule has 0 fully saturated rings. The van der Waals surface area contributed by atoms with Crippen molar-refractivity contribution in [3.63, 3.8) is 0 Å². The van der Waals surface area contributed by atoms with Crippen molar-refractivity contribution in [1.82, 2.24) is 10.6 Å². The number of alkyl carbamates (subject to hydrolysis) is 1. The quantitative estimate of drug-likeness (QED) is 0.281. The van der Waals surface area contributed by atoms with Crippen molar-refractivity contribution < 1.29 is 32.7 Å². The van der Waals surface area contributed by atoms with Gasteiger partial charge in [0, 0.05) is 6.42 Å². The molecule has 1 unspecified atom stereocenters. The summed E-state index contributed by atoms with van der Waals surface area (Å²) < 4.78 is 35.3. The van der Waals surface area contributed by atoms with Crippen molar-refractivity contribution in [3.05, 3.63) is 108 Å². The van der Waals surface area contributed by atoms with Crippen LogP contribution in [0.2, 0.25) is 0 Å². The predicted molar refractivity (Wildman–Crippen MR) is 144 cm³/mol. The molecular weight excluding hydrogens is 520 g/mol. The molecule has 0 aliphatic heterocycles. The lowest BCUT2D eigenvalue weighted by Gasteiger charge is -2.25. The number of ketones is 1. The van der Waals surface area contributed by atoms with Gasteiger partial charge in [0.1, 0.15) is 12.6 Å². The number of primary amides is 1. The van der Waals surface area contributed by atoms with Crippen LogP contribution in [-0.4, -0.2) is 41.7 Å². The Kier molecular flexibility index (Phi) is 10.9. The van der Waals surface area contributed by atoms with Crippen LogP contribution in [-0.2, 0) is 38.6 Å². The second kappa shape index (κ2) is 14.5. The van der Waals surface area contributed by atoms with Gasteiger partial charge in [-0.15, -0.1) is 0 Å². The molecule has 0 saturated carbocycles. The number of carbonyl (C=O) groups is 4. The maximum absolute atomic E-state index is 15.1. The van der Waals surface area contributed by atoms with Gasteiger partial charge in [0.15, 0.2) is 0 Å². The van der Waals surface area contributed by atoms with E-state index in [4.69, 9.17) is 10.5 Å². The van der Waals surface area contributed by atoms with Gasteiger partial charge in [0.25, 0.3) is 0 Å². The fraction of sp³-hybridized carbons (Fsp3) is 0.267. The third kappa shape index (κ3) is 9.61. The normalized spacial score (nSPS) is 12.6. The number of alkyl halides is 2. The smallest absolute Gasteiger partial charge is 0.408 e. The molecule has 0 bridgehead atoms. The molecule has 0 aromatic heterocycles. The van der Waals surface area contributed by atoms with E-state index in [1.165, 1.54) is 0 Å². The largest absolute Gasteiger partial charge is 0.445 e. The number of nitrogens with one attached hydrogen (secondary N) is 2. The van der Waals surface area contributed by atoms with Crippen molar-refractivity contribution in [2.24, 2.45) is 5.73 Å². The molecule has 0 aliphatic carbocycles. The Labute approximate surface area is 230 Å². The zero-order chi connectivity index (χ0) is 29.0. The van der Waals surface area contributed by atoms with Gasteiger partial charge in [-0.2, -0.15) is 8.78 Å². The molecule has 3 aromatic rings. The number of halogens is 2. The molecule has 0 heterocycles. The molecule has 2 atom stereocenters. The maximum Gasteiger partial charge on any atom is 0.408 e. The molecule has 210 valence electrons. The first-order valence-electron chi connectivity index (χ1n) is 12.7. The molecule has 0 saturated heterocycles. The summed E-state index contributed by atoms with van der Waals surface area (Å²) in [6.45, 7) is -0.111. The van der Waals surface area contributed by atoms with Crippen molar-refractivity contribution in [1.29, 1.82) is 0 Å². The zero-order valence-corrected chi connectivity index (χ0v) is 21.7. The molecule has 10 heteroatoms.